The largest absolute Gasteiger partial charge is 0.481 e. The molecule has 100 valence electrons. The van der Waals surface area contributed by atoms with Crippen molar-refractivity contribution < 1.29 is 9.90 Å². The highest BCUT2D eigenvalue weighted by molar-refractivity contribution is 5.66. The molecule has 0 saturated carbocycles. The highest BCUT2D eigenvalue weighted by Gasteiger charge is 2.15. The van der Waals surface area contributed by atoms with E-state index in [-0.39, 0.29) is 12.5 Å². The Bertz CT molecular complexity index is 351. The van der Waals surface area contributed by atoms with Crippen molar-refractivity contribution in [2.24, 2.45) is 0 Å². The smallest absolute Gasteiger partial charge is 0.304 e. The second-order valence-corrected chi connectivity index (χ2v) is 4.62. The van der Waals surface area contributed by atoms with Gasteiger partial charge in [-0.1, -0.05) is 43.7 Å². The molecule has 0 aliphatic carbocycles. The minimum atomic E-state index is -0.725. The molecule has 3 nitrogen and oxygen atoms in total. The number of hydrogen-bond acceptors (Lipinski definition) is 2. The van der Waals surface area contributed by atoms with Crippen molar-refractivity contribution in [1.29, 1.82) is 0 Å². The number of benzene rings is 1. The monoisotopic (exact) mass is 249 g/mol. The molecule has 0 spiro atoms. The van der Waals surface area contributed by atoms with Crippen molar-refractivity contribution in [2.75, 3.05) is 13.1 Å². The summed E-state index contributed by atoms with van der Waals surface area (Å²) >= 11 is 0. The fraction of sp³-hybridized carbons (Fsp3) is 0.533. The van der Waals surface area contributed by atoms with E-state index in [0.717, 1.165) is 19.4 Å². The Kier molecular flexibility index (Phi) is 6.44. The lowest BCUT2D eigenvalue weighted by Gasteiger charge is -2.29. The van der Waals surface area contributed by atoms with Gasteiger partial charge in [0.25, 0.3) is 0 Å². The summed E-state index contributed by atoms with van der Waals surface area (Å²) in [5, 5.41) is 8.81. The first kappa shape index (κ1) is 14.7. The minimum absolute atomic E-state index is 0.209. The van der Waals surface area contributed by atoms with Crippen LogP contribution in [0.4, 0.5) is 0 Å². The third kappa shape index (κ3) is 4.88. The average molecular weight is 249 g/mol. The Morgan fingerprint density at radius 2 is 1.94 bits per heavy atom. The zero-order chi connectivity index (χ0) is 13.4. The normalized spacial score (nSPS) is 12.6. The van der Waals surface area contributed by atoms with Crippen molar-refractivity contribution in [3.05, 3.63) is 35.9 Å². The van der Waals surface area contributed by atoms with E-state index in [1.165, 1.54) is 5.56 Å². The first-order valence-electron chi connectivity index (χ1n) is 6.66. The molecule has 1 N–H and O–H groups in total. The van der Waals surface area contributed by atoms with E-state index in [1.54, 1.807) is 0 Å². The molecular weight excluding hydrogens is 226 g/mol. The maximum Gasteiger partial charge on any atom is 0.304 e. The van der Waals surface area contributed by atoms with Crippen LogP contribution in [0.1, 0.15) is 44.7 Å². The predicted molar refractivity (Wildman–Crippen MR) is 73.6 cm³/mol. The highest BCUT2D eigenvalue weighted by Crippen LogP contribution is 2.20. The zero-order valence-corrected chi connectivity index (χ0v) is 11.3. The first-order chi connectivity index (χ1) is 8.65. The maximum atomic E-state index is 10.7. The maximum absolute atomic E-state index is 10.7. The van der Waals surface area contributed by atoms with Gasteiger partial charge in [-0.25, -0.2) is 0 Å². The van der Waals surface area contributed by atoms with Crippen molar-refractivity contribution in [1.82, 2.24) is 4.90 Å². The second kappa shape index (κ2) is 7.88. The molecule has 0 heterocycles. The van der Waals surface area contributed by atoms with Gasteiger partial charge < -0.3 is 5.11 Å². The third-order valence-electron chi connectivity index (χ3n) is 3.24. The van der Waals surface area contributed by atoms with Gasteiger partial charge in [0, 0.05) is 12.6 Å². The van der Waals surface area contributed by atoms with E-state index in [4.69, 9.17) is 5.11 Å². The van der Waals surface area contributed by atoms with Crippen LogP contribution in [0.5, 0.6) is 0 Å². The second-order valence-electron chi connectivity index (χ2n) is 4.62. The molecule has 0 aromatic heterocycles. The molecule has 0 amide bonds. The van der Waals surface area contributed by atoms with Gasteiger partial charge in [-0.2, -0.15) is 0 Å². The van der Waals surface area contributed by atoms with Gasteiger partial charge in [-0.15, -0.1) is 0 Å². The number of unbranched alkanes of at least 4 members (excludes halogenated alkanes) is 1. The molecule has 1 aromatic carbocycles. The molecule has 1 atom stereocenters. The molecule has 3 heteroatoms. The summed E-state index contributed by atoms with van der Waals surface area (Å²) in [6.45, 7) is 5.88. The van der Waals surface area contributed by atoms with Gasteiger partial charge >= 0.3 is 5.97 Å². The fourth-order valence-electron chi connectivity index (χ4n) is 2.04. The van der Waals surface area contributed by atoms with Gasteiger partial charge in [0.2, 0.25) is 0 Å². The first-order valence-corrected chi connectivity index (χ1v) is 6.66. The standard InChI is InChI=1S/C15H23NO2/c1-3-4-11-16(12-10-15(17)18)13(2)14-8-6-5-7-9-14/h5-9,13H,3-4,10-12H2,1-2H3,(H,17,18). The summed E-state index contributed by atoms with van der Waals surface area (Å²) in [5.41, 5.74) is 1.25. The summed E-state index contributed by atoms with van der Waals surface area (Å²) < 4.78 is 0. The van der Waals surface area contributed by atoms with Crippen LogP contribution in [-0.4, -0.2) is 29.1 Å². The highest BCUT2D eigenvalue weighted by atomic mass is 16.4. The van der Waals surface area contributed by atoms with E-state index in [1.807, 2.05) is 18.2 Å². The molecule has 0 aliphatic rings. The lowest BCUT2D eigenvalue weighted by Crippen LogP contribution is -2.30. The molecule has 0 fully saturated rings. The molecule has 0 saturated heterocycles. The van der Waals surface area contributed by atoms with Crippen molar-refractivity contribution >= 4 is 5.97 Å². The molecule has 0 bridgehead atoms. The number of rotatable bonds is 8. The molecule has 0 radical (unpaired) electrons. The van der Waals surface area contributed by atoms with Gasteiger partial charge in [-0.05, 0) is 25.5 Å². The van der Waals surface area contributed by atoms with Gasteiger partial charge in [0.05, 0.1) is 6.42 Å². The zero-order valence-electron chi connectivity index (χ0n) is 11.3. The minimum Gasteiger partial charge on any atom is -0.481 e. The lowest BCUT2D eigenvalue weighted by molar-refractivity contribution is -0.137. The van der Waals surface area contributed by atoms with Crippen LogP contribution >= 0.6 is 0 Å². The quantitative estimate of drug-likeness (QED) is 0.768. The van der Waals surface area contributed by atoms with Crippen molar-refractivity contribution in [3.8, 4) is 0 Å². The van der Waals surface area contributed by atoms with Crippen LogP contribution in [0.3, 0.4) is 0 Å². The van der Waals surface area contributed by atoms with E-state index in [2.05, 4.69) is 30.9 Å². The van der Waals surface area contributed by atoms with E-state index in [9.17, 15) is 4.79 Å². The Morgan fingerprint density at radius 3 is 2.50 bits per heavy atom. The summed E-state index contributed by atoms with van der Waals surface area (Å²) in [6.07, 6.45) is 2.45. The van der Waals surface area contributed by atoms with Gasteiger partial charge in [0.15, 0.2) is 0 Å². The SMILES string of the molecule is CCCCN(CCC(=O)O)C(C)c1ccccc1. The van der Waals surface area contributed by atoms with E-state index in [0.29, 0.717) is 6.54 Å². The molecule has 0 aliphatic heterocycles. The summed E-state index contributed by atoms with van der Waals surface area (Å²) in [5.74, 6) is -0.725. The summed E-state index contributed by atoms with van der Waals surface area (Å²) in [7, 11) is 0. The number of hydrogen-bond donors (Lipinski definition) is 1. The van der Waals surface area contributed by atoms with E-state index < -0.39 is 5.97 Å². The third-order valence-corrected chi connectivity index (χ3v) is 3.24. The summed E-state index contributed by atoms with van der Waals surface area (Å²) in [6, 6.07) is 10.5. The molecule has 18 heavy (non-hydrogen) atoms. The Morgan fingerprint density at radius 1 is 1.28 bits per heavy atom. The number of carboxylic acid groups (broad SMARTS) is 1. The van der Waals surface area contributed by atoms with Gasteiger partial charge in [-0.3, -0.25) is 9.69 Å². The number of carbonyl (C=O) groups is 1. The van der Waals surface area contributed by atoms with Gasteiger partial charge in [0.1, 0.15) is 0 Å². The van der Waals surface area contributed by atoms with Crippen molar-refractivity contribution in [2.45, 2.75) is 39.2 Å². The average Bonchev–Trinajstić information content (AvgIpc) is 2.39. The molecular formula is C15H23NO2. The van der Waals surface area contributed by atoms with Crippen LogP contribution in [-0.2, 0) is 4.79 Å². The Labute approximate surface area is 109 Å². The number of carboxylic acids is 1. The molecule has 1 rings (SSSR count). The predicted octanol–water partition coefficient (Wildman–Crippen LogP) is 3.32. The fourth-order valence-corrected chi connectivity index (χ4v) is 2.04. The Balaban J connectivity index is 2.65. The van der Waals surface area contributed by atoms with Crippen LogP contribution in [0.2, 0.25) is 0 Å². The van der Waals surface area contributed by atoms with E-state index >= 15 is 0 Å². The molecule has 1 aromatic rings. The van der Waals surface area contributed by atoms with Crippen LogP contribution in [0.15, 0.2) is 30.3 Å². The Hall–Kier alpha value is -1.35. The summed E-state index contributed by atoms with van der Waals surface area (Å²) in [4.78, 5) is 13.0. The lowest BCUT2D eigenvalue weighted by atomic mass is 10.1. The van der Waals surface area contributed by atoms with Crippen LogP contribution < -0.4 is 0 Å². The van der Waals surface area contributed by atoms with Crippen LogP contribution in [0.25, 0.3) is 0 Å². The van der Waals surface area contributed by atoms with Crippen molar-refractivity contribution in [3.63, 3.8) is 0 Å². The number of aliphatic carboxylic acids is 1. The molecule has 1 unspecified atom stereocenters. The number of nitrogens with zero attached hydrogens (tertiary/aromatic N) is 1. The van der Waals surface area contributed by atoms with Crippen LogP contribution in [0, 0.1) is 0 Å². The topological polar surface area (TPSA) is 40.5 Å².